The van der Waals surface area contributed by atoms with Crippen molar-refractivity contribution in [3.63, 3.8) is 0 Å². The average molecular weight is 510 g/mol. The van der Waals surface area contributed by atoms with E-state index in [2.05, 4.69) is 53.1 Å². The summed E-state index contributed by atoms with van der Waals surface area (Å²) in [7, 11) is 4.05. The number of para-hydroxylation sites is 1. The van der Waals surface area contributed by atoms with Crippen LogP contribution in [0.1, 0.15) is 50.2 Å². The number of fused-ring (bicyclic) bond motifs is 1. The number of benzene rings is 3. The third-order valence-electron chi connectivity index (χ3n) is 7.56. The van der Waals surface area contributed by atoms with Gasteiger partial charge < -0.3 is 20.6 Å². The van der Waals surface area contributed by atoms with E-state index < -0.39 is 6.10 Å². The van der Waals surface area contributed by atoms with Gasteiger partial charge in [-0.3, -0.25) is 0 Å². The van der Waals surface area contributed by atoms with Gasteiger partial charge in [0.25, 0.3) is 0 Å². The number of hydrogen-bond donors (Lipinski definition) is 3. The monoisotopic (exact) mass is 509 g/mol. The molecule has 3 N–H and O–H groups in total. The van der Waals surface area contributed by atoms with E-state index in [1.165, 1.54) is 11.1 Å². The van der Waals surface area contributed by atoms with Crippen molar-refractivity contribution in [3.8, 4) is 11.1 Å². The number of aliphatic hydroxyl groups excluding tert-OH is 1. The lowest BCUT2D eigenvalue weighted by Gasteiger charge is -2.30. The van der Waals surface area contributed by atoms with Gasteiger partial charge in [0.1, 0.15) is 5.82 Å². The average Bonchev–Trinajstić information content (AvgIpc) is 2.96. The molecule has 0 saturated heterocycles. The Kier molecular flexibility index (Phi) is 8.51. The summed E-state index contributed by atoms with van der Waals surface area (Å²) in [6.45, 7) is 0.932. The number of aliphatic hydroxyl groups is 1. The van der Waals surface area contributed by atoms with Gasteiger partial charge in [0.05, 0.1) is 11.6 Å². The van der Waals surface area contributed by atoms with E-state index in [0.29, 0.717) is 12.1 Å². The summed E-state index contributed by atoms with van der Waals surface area (Å²) in [4.78, 5) is 11.6. The number of hydrogen-bond acceptors (Lipinski definition) is 6. The molecule has 198 valence electrons. The van der Waals surface area contributed by atoms with E-state index in [1.54, 1.807) is 0 Å². The zero-order chi connectivity index (χ0) is 26.3. The second kappa shape index (κ2) is 12.4. The minimum absolute atomic E-state index is 0.393. The largest absolute Gasteiger partial charge is 0.388 e. The molecule has 1 aliphatic rings. The summed E-state index contributed by atoms with van der Waals surface area (Å²) in [6.07, 6.45) is 5.77. The molecule has 1 heterocycles. The van der Waals surface area contributed by atoms with Gasteiger partial charge in [0.15, 0.2) is 0 Å². The standard InChI is InChI=1S/C32H39N5O/c1-37(2)31-28-11-6-7-12-29(28)35-32(36-31)34-27-20-18-26(19-21-27)33-22-8-13-30(38)25-16-14-24(15-17-25)23-9-4-3-5-10-23/h3-7,9-12,14-17,26-27,30,33,38H,8,13,18-22H2,1-2H3,(H,34,35,36)/t26-,27+,30?. The first-order valence-electron chi connectivity index (χ1n) is 13.8. The molecule has 3 aromatic carbocycles. The van der Waals surface area contributed by atoms with Crippen molar-refractivity contribution in [1.29, 1.82) is 0 Å². The lowest BCUT2D eigenvalue weighted by Crippen LogP contribution is -2.37. The molecule has 1 atom stereocenters. The van der Waals surface area contributed by atoms with Crippen molar-refractivity contribution in [2.75, 3.05) is 30.9 Å². The molecule has 6 heteroatoms. The van der Waals surface area contributed by atoms with Crippen molar-refractivity contribution in [2.45, 2.75) is 56.7 Å². The predicted molar refractivity (Wildman–Crippen MR) is 158 cm³/mol. The highest BCUT2D eigenvalue weighted by Gasteiger charge is 2.22. The van der Waals surface area contributed by atoms with Crippen molar-refractivity contribution in [1.82, 2.24) is 15.3 Å². The Balaban J connectivity index is 1.04. The van der Waals surface area contributed by atoms with Crippen molar-refractivity contribution < 1.29 is 5.11 Å². The van der Waals surface area contributed by atoms with E-state index in [1.807, 2.05) is 55.4 Å². The minimum Gasteiger partial charge on any atom is -0.388 e. The molecule has 0 amide bonds. The first-order chi connectivity index (χ1) is 18.6. The molecule has 0 radical (unpaired) electrons. The Morgan fingerprint density at radius 2 is 1.47 bits per heavy atom. The molecule has 0 aliphatic heterocycles. The quantitative estimate of drug-likeness (QED) is 0.221. The second-order valence-corrected chi connectivity index (χ2v) is 10.6. The molecular formula is C32H39N5O. The highest BCUT2D eigenvalue weighted by atomic mass is 16.3. The van der Waals surface area contributed by atoms with Crippen LogP contribution in [-0.4, -0.2) is 47.8 Å². The Morgan fingerprint density at radius 3 is 2.21 bits per heavy atom. The number of rotatable bonds is 10. The van der Waals surface area contributed by atoms with E-state index >= 15 is 0 Å². The van der Waals surface area contributed by atoms with E-state index in [0.717, 1.165) is 73.3 Å². The molecule has 1 unspecified atom stereocenters. The lowest BCUT2D eigenvalue weighted by molar-refractivity contribution is 0.163. The lowest BCUT2D eigenvalue weighted by atomic mass is 9.91. The van der Waals surface area contributed by atoms with Gasteiger partial charge in [-0.25, -0.2) is 4.98 Å². The summed E-state index contributed by atoms with van der Waals surface area (Å²) in [5.74, 6) is 1.66. The van der Waals surface area contributed by atoms with Crippen molar-refractivity contribution in [2.24, 2.45) is 0 Å². The van der Waals surface area contributed by atoms with Crippen LogP contribution in [0.2, 0.25) is 0 Å². The van der Waals surface area contributed by atoms with Gasteiger partial charge in [0, 0.05) is 31.6 Å². The molecule has 38 heavy (non-hydrogen) atoms. The second-order valence-electron chi connectivity index (χ2n) is 10.6. The maximum absolute atomic E-state index is 10.7. The molecule has 4 aromatic rings. The Hall–Kier alpha value is -3.48. The predicted octanol–water partition coefficient (Wildman–Crippen LogP) is 6.19. The number of nitrogens with zero attached hydrogens (tertiary/aromatic N) is 3. The SMILES string of the molecule is CN(C)c1nc(N[C@H]2CC[C@@H](NCCCC(O)c3ccc(-c4ccccc4)cc3)CC2)nc2ccccc12. The summed E-state index contributed by atoms with van der Waals surface area (Å²) in [6, 6.07) is 27.8. The third kappa shape index (κ3) is 6.50. The fraction of sp³-hybridized carbons (Fsp3) is 0.375. The van der Waals surface area contributed by atoms with Crippen LogP contribution in [0.4, 0.5) is 11.8 Å². The van der Waals surface area contributed by atoms with Crippen LogP contribution >= 0.6 is 0 Å². The molecule has 1 aliphatic carbocycles. The van der Waals surface area contributed by atoms with E-state index in [9.17, 15) is 5.11 Å². The zero-order valence-corrected chi connectivity index (χ0v) is 22.5. The number of anilines is 2. The van der Waals surface area contributed by atoms with Crippen LogP contribution in [0.15, 0.2) is 78.9 Å². The number of nitrogens with one attached hydrogen (secondary N) is 2. The van der Waals surface area contributed by atoms with Crippen LogP contribution in [0.5, 0.6) is 0 Å². The molecule has 1 aromatic heterocycles. The summed E-state index contributed by atoms with van der Waals surface area (Å²) in [5, 5.41) is 19.0. The van der Waals surface area contributed by atoms with Gasteiger partial charge in [-0.2, -0.15) is 4.98 Å². The molecule has 5 rings (SSSR count). The van der Waals surface area contributed by atoms with Gasteiger partial charge in [-0.05, 0) is 73.9 Å². The van der Waals surface area contributed by atoms with Gasteiger partial charge in [-0.1, -0.05) is 66.7 Å². The maximum atomic E-state index is 10.7. The van der Waals surface area contributed by atoms with Crippen LogP contribution in [0.3, 0.4) is 0 Å². The number of aromatic nitrogens is 2. The maximum Gasteiger partial charge on any atom is 0.225 e. The van der Waals surface area contributed by atoms with Crippen LogP contribution in [0.25, 0.3) is 22.0 Å². The zero-order valence-electron chi connectivity index (χ0n) is 22.5. The Labute approximate surface area is 226 Å². The molecule has 1 fully saturated rings. The van der Waals surface area contributed by atoms with Crippen LogP contribution in [0, 0.1) is 0 Å². The van der Waals surface area contributed by atoms with Crippen LogP contribution < -0.4 is 15.5 Å². The first kappa shape index (κ1) is 26.1. The topological polar surface area (TPSA) is 73.3 Å². The van der Waals surface area contributed by atoms with Crippen molar-refractivity contribution >= 4 is 22.7 Å². The minimum atomic E-state index is -0.421. The molecule has 6 nitrogen and oxygen atoms in total. The smallest absolute Gasteiger partial charge is 0.225 e. The van der Waals surface area contributed by atoms with Gasteiger partial charge >= 0.3 is 0 Å². The Morgan fingerprint density at radius 1 is 0.816 bits per heavy atom. The van der Waals surface area contributed by atoms with E-state index in [-0.39, 0.29) is 0 Å². The van der Waals surface area contributed by atoms with Gasteiger partial charge in [0.2, 0.25) is 5.95 Å². The summed E-state index contributed by atoms with van der Waals surface area (Å²) >= 11 is 0. The molecular weight excluding hydrogens is 470 g/mol. The highest BCUT2D eigenvalue weighted by molar-refractivity contribution is 5.90. The molecule has 1 saturated carbocycles. The Bertz CT molecular complexity index is 1300. The normalized spacial score (nSPS) is 18.3. The third-order valence-corrected chi connectivity index (χ3v) is 7.56. The molecule has 0 spiro atoms. The highest BCUT2D eigenvalue weighted by Crippen LogP contribution is 2.27. The molecule has 0 bridgehead atoms. The van der Waals surface area contributed by atoms with Crippen LogP contribution in [-0.2, 0) is 0 Å². The fourth-order valence-electron chi connectivity index (χ4n) is 5.39. The van der Waals surface area contributed by atoms with Gasteiger partial charge in [-0.15, -0.1) is 0 Å². The van der Waals surface area contributed by atoms with Crippen molar-refractivity contribution in [3.05, 3.63) is 84.4 Å². The summed E-state index contributed by atoms with van der Waals surface area (Å²) < 4.78 is 0. The summed E-state index contributed by atoms with van der Waals surface area (Å²) in [5.41, 5.74) is 4.34. The van der Waals surface area contributed by atoms with E-state index in [4.69, 9.17) is 9.97 Å². The fourth-order valence-corrected chi connectivity index (χ4v) is 5.39. The first-order valence-corrected chi connectivity index (χ1v) is 13.8.